The average molecular weight is 507 g/mol. The van der Waals surface area contributed by atoms with Crippen LogP contribution in [0.1, 0.15) is 26.3 Å². The second-order valence-electron chi connectivity index (χ2n) is 9.47. The van der Waals surface area contributed by atoms with Gasteiger partial charge in [-0.25, -0.2) is 4.79 Å². The van der Waals surface area contributed by atoms with Crippen LogP contribution >= 0.6 is 0 Å². The number of rotatable bonds is 13. The summed E-state index contributed by atoms with van der Waals surface area (Å²) in [6.45, 7) is 6.64. The fraction of sp³-hybridized carbons (Fsp3) is 0.345. The van der Waals surface area contributed by atoms with Gasteiger partial charge in [-0.2, -0.15) is 0 Å². The molecule has 8 heteroatoms. The Hall–Kier alpha value is -3.75. The van der Waals surface area contributed by atoms with E-state index in [1.165, 1.54) is 0 Å². The van der Waals surface area contributed by atoms with Crippen LogP contribution in [0.5, 0.6) is 11.5 Å². The molecule has 4 rings (SSSR count). The Morgan fingerprint density at radius 3 is 2.68 bits per heavy atom. The molecule has 196 valence electrons. The number of hydrogen-bond acceptors (Lipinski definition) is 7. The predicted molar refractivity (Wildman–Crippen MR) is 142 cm³/mol. The molecule has 0 amide bonds. The lowest BCUT2D eigenvalue weighted by atomic mass is 9.94. The maximum Gasteiger partial charge on any atom is 0.344 e. The Bertz CT molecular complexity index is 1290. The molecule has 8 nitrogen and oxygen atoms in total. The summed E-state index contributed by atoms with van der Waals surface area (Å²) in [4.78, 5) is 14.9. The first-order chi connectivity index (χ1) is 17.9. The van der Waals surface area contributed by atoms with Crippen LogP contribution in [-0.4, -0.2) is 54.1 Å². The molecule has 0 fully saturated rings. The number of β-amino-alcohol motifs (C(OH)–C–C–N with tert-alkyl or cyclic N) is 1. The topological polar surface area (TPSA) is 106 Å². The highest BCUT2D eigenvalue weighted by Crippen LogP contribution is 2.31. The largest absolute Gasteiger partial charge is 0.490 e. The van der Waals surface area contributed by atoms with Crippen molar-refractivity contribution in [1.82, 2.24) is 10.3 Å². The molecule has 0 radical (unpaired) electrons. The number of aliphatic hydroxyl groups excluding tert-OH is 1. The Labute approximate surface area is 216 Å². The first kappa shape index (κ1) is 26.3. The molecule has 0 unspecified atom stereocenters. The highest BCUT2D eigenvalue weighted by atomic mass is 16.6. The van der Waals surface area contributed by atoms with Gasteiger partial charge in [0.2, 0.25) is 0 Å². The van der Waals surface area contributed by atoms with E-state index in [0.717, 1.165) is 27.8 Å². The lowest BCUT2D eigenvalue weighted by Crippen LogP contribution is -2.46. The van der Waals surface area contributed by atoms with Crippen molar-refractivity contribution in [3.8, 4) is 22.8 Å². The van der Waals surface area contributed by atoms with E-state index in [9.17, 15) is 9.90 Å². The van der Waals surface area contributed by atoms with E-state index < -0.39 is 12.1 Å². The van der Waals surface area contributed by atoms with Crippen LogP contribution in [0.15, 0.2) is 71.5 Å². The Morgan fingerprint density at radius 2 is 1.89 bits per heavy atom. The molecule has 0 saturated carbocycles. The zero-order valence-electron chi connectivity index (χ0n) is 21.5. The van der Waals surface area contributed by atoms with Gasteiger partial charge in [0.25, 0.3) is 0 Å². The summed E-state index contributed by atoms with van der Waals surface area (Å²) < 4.78 is 22.0. The quantitative estimate of drug-likeness (QED) is 0.225. The zero-order chi connectivity index (χ0) is 26.3. The van der Waals surface area contributed by atoms with Crippen LogP contribution in [-0.2, 0) is 16.0 Å². The van der Waals surface area contributed by atoms with E-state index in [-0.39, 0.29) is 18.8 Å². The van der Waals surface area contributed by atoms with Crippen molar-refractivity contribution in [3.63, 3.8) is 0 Å². The van der Waals surface area contributed by atoms with Gasteiger partial charge in [-0.15, -0.1) is 0 Å². The standard InChI is InChI=1S/C29H34N2O6/c1-4-34-27(33)19-37-26-12-7-10-22-20(16-30-28(22)26)15-29(2,3)31-17-21(32)18-36-25-11-6-5-9-23(25)24-13-8-14-35-24/h5-14,16,21,30-32H,4,15,17-19H2,1-3H3/t21-/m0/s1. The second-order valence-corrected chi connectivity index (χ2v) is 9.47. The maximum atomic E-state index is 11.7. The van der Waals surface area contributed by atoms with Crippen molar-refractivity contribution in [3.05, 3.63) is 72.6 Å². The summed E-state index contributed by atoms with van der Waals surface area (Å²) >= 11 is 0. The van der Waals surface area contributed by atoms with E-state index in [0.29, 0.717) is 31.1 Å². The number of hydrogen-bond donors (Lipinski definition) is 3. The number of carbonyl (C=O) groups excluding carboxylic acids is 1. The maximum absolute atomic E-state index is 11.7. The van der Waals surface area contributed by atoms with Crippen molar-refractivity contribution in [2.75, 3.05) is 26.4 Å². The lowest BCUT2D eigenvalue weighted by molar-refractivity contribution is -0.145. The van der Waals surface area contributed by atoms with E-state index in [4.69, 9.17) is 18.6 Å². The van der Waals surface area contributed by atoms with Crippen LogP contribution in [0.2, 0.25) is 0 Å². The SMILES string of the molecule is CCOC(=O)COc1cccc2c(CC(C)(C)NC[C@H](O)COc3ccccc3-c3ccco3)c[nH]c12. The van der Waals surface area contributed by atoms with Crippen molar-refractivity contribution in [1.29, 1.82) is 0 Å². The number of nitrogens with one attached hydrogen (secondary N) is 2. The van der Waals surface area contributed by atoms with Gasteiger partial charge in [0.1, 0.15) is 30.0 Å². The van der Waals surface area contributed by atoms with Gasteiger partial charge in [0.15, 0.2) is 6.61 Å². The monoisotopic (exact) mass is 506 g/mol. The molecular formula is C29H34N2O6. The number of furan rings is 1. The van der Waals surface area contributed by atoms with E-state index in [2.05, 4.69) is 24.1 Å². The average Bonchev–Trinajstić information content (AvgIpc) is 3.56. The normalized spacial score (nSPS) is 12.4. The number of aromatic nitrogens is 1. The molecule has 4 aromatic rings. The smallest absolute Gasteiger partial charge is 0.344 e. The lowest BCUT2D eigenvalue weighted by Gasteiger charge is -2.28. The first-order valence-corrected chi connectivity index (χ1v) is 12.4. The van der Waals surface area contributed by atoms with E-state index in [1.807, 2.05) is 60.8 Å². The third-order valence-corrected chi connectivity index (χ3v) is 5.97. The number of carbonyl (C=O) groups is 1. The third kappa shape index (κ3) is 6.93. The van der Waals surface area contributed by atoms with Gasteiger partial charge in [-0.05, 0) is 63.1 Å². The minimum atomic E-state index is -0.699. The van der Waals surface area contributed by atoms with E-state index >= 15 is 0 Å². The summed E-state index contributed by atoms with van der Waals surface area (Å²) in [5.41, 5.74) is 2.48. The molecule has 37 heavy (non-hydrogen) atoms. The molecule has 0 aliphatic rings. The highest BCUT2D eigenvalue weighted by Gasteiger charge is 2.22. The fourth-order valence-corrected chi connectivity index (χ4v) is 4.20. The number of ether oxygens (including phenoxy) is 3. The summed E-state index contributed by atoms with van der Waals surface area (Å²) in [5.74, 6) is 1.58. The molecule has 0 aliphatic carbocycles. The van der Waals surface area contributed by atoms with Crippen LogP contribution in [0.3, 0.4) is 0 Å². The second kappa shape index (κ2) is 12.0. The zero-order valence-corrected chi connectivity index (χ0v) is 21.5. The minimum Gasteiger partial charge on any atom is -0.490 e. The van der Waals surface area contributed by atoms with Gasteiger partial charge in [0, 0.05) is 23.7 Å². The number of para-hydroxylation sites is 2. The Balaban J connectivity index is 1.32. The number of esters is 1. The fourth-order valence-electron chi connectivity index (χ4n) is 4.20. The molecular weight excluding hydrogens is 472 g/mol. The predicted octanol–water partition coefficient (Wildman–Crippen LogP) is 4.72. The van der Waals surface area contributed by atoms with Gasteiger partial charge < -0.3 is 34.0 Å². The molecule has 3 N–H and O–H groups in total. The van der Waals surface area contributed by atoms with Gasteiger partial charge in [0.05, 0.1) is 24.0 Å². The van der Waals surface area contributed by atoms with Gasteiger partial charge >= 0.3 is 5.97 Å². The van der Waals surface area contributed by atoms with Crippen LogP contribution in [0.25, 0.3) is 22.2 Å². The summed E-state index contributed by atoms with van der Waals surface area (Å²) in [5, 5.41) is 15.1. The molecule has 0 spiro atoms. The Kier molecular flexibility index (Phi) is 8.53. The van der Waals surface area contributed by atoms with Crippen molar-refractivity contribution < 1.29 is 28.5 Å². The molecule has 2 aromatic heterocycles. The van der Waals surface area contributed by atoms with Crippen LogP contribution in [0.4, 0.5) is 0 Å². The number of aromatic amines is 1. The van der Waals surface area contributed by atoms with E-state index in [1.54, 1.807) is 13.2 Å². The van der Waals surface area contributed by atoms with Crippen molar-refractivity contribution in [2.45, 2.75) is 38.8 Å². The molecule has 0 bridgehead atoms. The minimum absolute atomic E-state index is 0.139. The third-order valence-electron chi connectivity index (χ3n) is 5.97. The molecule has 0 aliphatic heterocycles. The molecule has 2 aromatic carbocycles. The number of aliphatic hydroxyl groups is 1. The Morgan fingerprint density at radius 1 is 1.08 bits per heavy atom. The molecule has 2 heterocycles. The first-order valence-electron chi connectivity index (χ1n) is 12.4. The number of H-pyrrole nitrogens is 1. The van der Waals surface area contributed by atoms with Crippen molar-refractivity contribution in [2.24, 2.45) is 0 Å². The van der Waals surface area contributed by atoms with Crippen LogP contribution < -0.4 is 14.8 Å². The van der Waals surface area contributed by atoms with Crippen molar-refractivity contribution >= 4 is 16.9 Å². The molecule has 0 saturated heterocycles. The number of fused-ring (bicyclic) bond motifs is 1. The highest BCUT2D eigenvalue weighted by molar-refractivity contribution is 5.88. The summed E-state index contributed by atoms with van der Waals surface area (Å²) in [7, 11) is 0. The molecule has 1 atom stereocenters. The number of benzene rings is 2. The van der Waals surface area contributed by atoms with Gasteiger partial charge in [-0.1, -0.05) is 24.3 Å². The summed E-state index contributed by atoms with van der Waals surface area (Å²) in [6.07, 6.45) is 3.59. The summed E-state index contributed by atoms with van der Waals surface area (Å²) in [6, 6.07) is 17.1. The van der Waals surface area contributed by atoms with Crippen LogP contribution in [0, 0.1) is 0 Å². The van der Waals surface area contributed by atoms with Gasteiger partial charge in [-0.3, -0.25) is 0 Å².